The molecule has 3 aliphatic rings. The molecule has 0 bridgehead atoms. The first kappa shape index (κ1) is 17.0. The highest BCUT2D eigenvalue weighted by molar-refractivity contribution is 7.08. The normalized spacial score (nSPS) is 26.1. The maximum atomic E-state index is 13.7. The minimum Gasteiger partial charge on any atom is -0.342 e. The van der Waals surface area contributed by atoms with Gasteiger partial charge in [0.25, 0.3) is 5.91 Å². The van der Waals surface area contributed by atoms with E-state index in [0.717, 1.165) is 45.2 Å². The van der Waals surface area contributed by atoms with Gasteiger partial charge in [0.1, 0.15) is 5.82 Å². The fraction of sp³-hybridized carbons (Fsp3) is 0.684. The van der Waals surface area contributed by atoms with Crippen LogP contribution in [0.15, 0.2) is 10.8 Å². The van der Waals surface area contributed by atoms with Crippen molar-refractivity contribution < 1.29 is 14.0 Å². The van der Waals surface area contributed by atoms with Gasteiger partial charge in [-0.15, -0.1) is 11.3 Å². The summed E-state index contributed by atoms with van der Waals surface area (Å²) < 4.78 is 13.7. The van der Waals surface area contributed by atoms with Gasteiger partial charge in [-0.05, 0) is 43.4 Å². The molecule has 2 aliphatic heterocycles. The first-order valence-electron chi connectivity index (χ1n) is 9.30. The number of amides is 2. The summed E-state index contributed by atoms with van der Waals surface area (Å²) in [7, 11) is 0. The number of carbonyl (C=O) groups excluding carboxylic acids is 2. The zero-order chi connectivity index (χ0) is 17.6. The summed E-state index contributed by atoms with van der Waals surface area (Å²) in [6.45, 7) is 5.33. The van der Waals surface area contributed by atoms with E-state index in [-0.39, 0.29) is 16.9 Å². The molecular weight excluding hydrogens is 339 g/mol. The SMILES string of the molecule is CC1CN(C(=O)C2CC2)CCC12CCN(C(=O)c1cscc1F)CC2. The van der Waals surface area contributed by atoms with Crippen molar-refractivity contribution >= 4 is 23.2 Å². The molecule has 1 atom stereocenters. The number of rotatable bonds is 2. The van der Waals surface area contributed by atoms with Crippen molar-refractivity contribution in [3.63, 3.8) is 0 Å². The number of hydrogen-bond donors (Lipinski definition) is 0. The number of nitrogens with zero attached hydrogens (tertiary/aromatic N) is 2. The van der Waals surface area contributed by atoms with E-state index in [0.29, 0.717) is 30.8 Å². The molecule has 6 heteroatoms. The van der Waals surface area contributed by atoms with Crippen LogP contribution in [0.1, 0.15) is 49.4 Å². The summed E-state index contributed by atoms with van der Waals surface area (Å²) in [6, 6.07) is 0. The van der Waals surface area contributed by atoms with Gasteiger partial charge in [-0.3, -0.25) is 9.59 Å². The van der Waals surface area contributed by atoms with Crippen LogP contribution in [0.3, 0.4) is 0 Å². The maximum absolute atomic E-state index is 13.7. The van der Waals surface area contributed by atoms with Crippen LogP contribution in [0.2, 0.25) is 0 Å². The number of halogens is 1. The predicted molar refractivity (Wildman–Crippen MR) is 94.9 cm³/mol. The molecule has 2 saturated heterocycles. The number of thiophene rings is 1. The molecule has 2 amide bonds. The zero-order valence-corrected chi connectivity index (χ0v) is 15.5. The van der Waals surface area contributed by atoms with Gasteiger partial charge in [0.15, 0.2) is 0 Å². The first-order chi connectivity index (χ1) is 12.0. The Kier molecular flexibility index (Phi) is 4.34. The van der Waals surface area contributed by atoms with Gasteiger partial charge in [0.2, 0.25) is 5.91 Å². The molecule has 136 valence electrons. The molecule has 4 rings (SSSR count). The van der Waals surface area contributed by atoms with Gasteiger partial charge >= 0.3 is 0 Å². The van der Waals surface area contributed by atoms with Crippen LogP contribution in [-0.4, -0.2) is 47.8 Å². The molecule has 1 aromatic rings. The summed E-state index contributed by atoms with van der Waals surface area (Å²) in [5.74, 6) is 0.515. The Bertz CT molecular complexity index is 677. The average molecular weight is 364 g/mol. The molecule has 1 unspecified atom stereocenters. The second-order valence-electron chi connectivity index (χ2n) is 8.00. The quantitative estimate of drug-likeness (QED) is 0.807. The standard InChI is InChI=1S/C19H25FN2O2S/c1-13-10-22(17(23)14-2-3-14)9-6-19(13)4-7-21(8-5-19)18(24)15-11-25-12-16(15)20/h11-14H,2-10H2,1H3. The molecule has 1 aliphatic carbocycles. The van der Waals surface area contributed by atoms with E-state index in [1.807, 2.05) is 0 Å². The third-order valence-corrected chi connectivity index (χ3v) is 7.26. The summed E-state index contributed by atoms with van der Waals surface area (Å²) >= 11 is 1.23. The molecule has 3 heterocycles. The Morgan fingerprint density at radius 1 is 1.12 bits per heavy atom. The Morgan fingerprint density at radius 3 is 2.28 bits per heavy atom. The smallest absolute Gasteiger partial charge is 0.257 e. The van der Waals surface area contributed by atoms with Crippen LogP contribution >= 0.6 is 11.3 Å². The van der Waals surface area contributed by atoms with E-state index in [1.54, 1.807) is 10.3 Å². The lowest BCUT2D eigenvalue weighted by Crippen LogP contribution is -2.53. The zero-order valence-electron chi connectivity index (χ0n) is 14.7. The molecular formula is C19H25FN2O2S. The van der Waals surface area contributed by atoms with Crippen molar-refractivity contribution in [3.8, 4) is 0 Å². The topological polar surface area (TPSA) is 40.6 Å². The monoisotopic (exact) mass is 364 g/mol. The van der Waals surface area contributed by atoms with Crippen molar-refractivity contribution in [2.24, 2.45) is 17.3 Å². The van der Waals surface area contributed by atoms with Crippen LogP contribution in [0.4, 0.5) is 4.39 Å². The first-order valence-corrected chi connectivity index (χ1v) is 10.2. The Hall–Kier alpha value is -1.43. The molecule has 0 aromatic carbocycles. The van der Waals surface area contributed by atoms with Gasteiger partial charge in [-0.1, -0.05) is 6.92 Å². The largest absolute Gasteiger partial charge is 0.342 e. The Labute approximate surface area is 152 Å². The second kappa shape index (κ2) is 6.38. The minimum atomic E-state index is -0.407. The Balaban J connectivity index is 1.37. The van der Waals surface area contributed by atoms with E-state index >= 15 is 0 Å². The highest BCUT2D eigenvalue weighted by Gasteiger charge is 2.45. The third kappa shape index (κ3) is 3.09. The van der Waals surface area contributed by atoms with Gasteiger partial charge < -0.3 is 9.80 Å². The van der Waals surface area contributed by atoms with Crippen LogP contribution in [-0.2, 0) is 4.79 Å². The lowest BCUT2D eigenvalue weighted by atomic mass is 9.65. The van der Waals surface area contributed by atoms with E-state index in [1.165, 1.54) is 16.7 Å². The Morgan fingerprint density at radius 2 is 1.76 bits per heavy atom. The summed E-state index contributed by atoms with van der Waals surface area (Å²) in [4.78, 5) is 28.7. The van der Waals surface area contributed by atoms with Crippen molar-refractivity contribution in [1.82, 2.24) is 9.80 Å². The van der Waals surface area contributed by atoms with E-state index in [2.05, 4.69) is 11.8 Å². The molecule has 1 saturated carbocycles. The van der Waals surface area contributed by atoms with Crippen LogP contribution in [0.5, 0.6) is 0 Å². The van der Waals surface area contributed by atoms with Gasteiger partial charge in [-0.2, -0.15) is 0 Å². The highest BCUT2D eigenvalue weighted by atomic mass is 32.1. The average Bonchev–Trinajstić information content (AvgIpc) is 3.38. The predicted octanol–water partition coefficient (Wildman–Crippen LogP) is 3.39. The van der Waals surface area contributed by atoms with E-state index in [9.17, 15) is 14.0 Å². The van der Waals surface area contributed by atoms with E-state index in [4.69, 9.17) is 0 Å². The molecule has 3 fully saturated rings. The molecule has 0 radical (unpaired) electrons. The van der Waals surface area contributed by atoms with E-state index < -0.39 is 5.82 Å². The van der Waals surface area contributed by atoms with Gasteiger partial charge in [0, 0.05) is 42.9 Å². The van der Waals surface area contributed by atoms with Crippen LogP contribution in [0, 0.1) is 23.1 Å². The van der Waals surface area contributed by atoms with Crippen molar-refractivity contribution in [1.29, 1.82) is 0 Å². The molecule has 25 heavy (non-hydrogen) atoms. The van der Waals surface area contributed by atoms with Crippen LogP contribution < -0.4 is 0 Å². The third-order valence-electron chi connectivity index (χ3n) is 6.55. The van der Waals surface area contributed by atoms with Crippen LogP contribution in [0.25, 0.3) is 0 Å². The minimum absolute atomic E-state index is 0.178. The molecule has 4 nitrogen and oxygen atoms in total. The lowest BCUT2D eigenvalue weighted by Gasteiger charge is -2.51. The lowest BCUT2D eigenvalue weighted by molar-refractivity contribution is -0.137. The highest BCUT2D eigenvalue weighted by Crippen LogP contribution is 2.46. The second-order valence-corrected chi connectivity index (χ2v) is 8.74. The van der Waals surface area contributed by atoms with Crippen molar-refractivity contribution in [2.45, 2.75) is 39.0 Å². The summed E-state index contributed by atoms with van der Waals surface area (Å²) in [6.07, 6.45) is 5.06. The van der Waals surface area contributed by atoms with Gasteiger partial charge in [-0.25, -0.2) is 4.39 Å². The van der Waals surface area contributed by atoms with Gasteiger partial charge in [0.05, 0.1) is 5.56 Å². The fourth-order valence-corrected chi connectivity index (χ4v) is 5.17. The summed E-state index contributed by atoms with van der Waals surface area (Å²) in [5.41, 5.74) is 0.434. The summed E-state index contributed by atoms with van der Waals surface area (Å²) in [5, 5.41) is 2.99. The number of carbonyl (C=O) groups is 2. The number of likely N-dealkylation sites (tertiary alicyclic amines) is 2. The maximum Gasteiger partial charge on any atom is 0.257 e. The molecule has 1 aromatic heterocycles. The molecule has 0 N–H and O–H groups in total. The number of piperidine rings is 2. The molecule has 1 spiro atoms. The van der Waals surface area contributed by atoms with Crippen molar-refractivity contribution in [2.75, 3.05) is 26.2 Å². The fourth-order valence-electron chi connectivity index (χ4n) is 4.51. The number of hydrogen-bond acceptors (Lipinski definition) is 3. The van der Waals surface area contributed by atoms with Crippen molar-refractivity contribution in [3.05, 3.63) is 22.1 Å².